The summed E-state index contributed by atoms with van der Waals surface area (Å²) in [6, 6.07) is 3.82. The molecule has 0 unspecified atom stereocenters. The van der Waals surface area contributed by atoms with E-state index in [-0.39, 0.29) is 30.7 Å². The summed E-state index contributed by atoms with van der Waals surface area (Å²) in [5.74, 6) is 2.24. The van der Waals surface area contributed by atoms with Crippen LogP contribution < -0.4 is 10.6 Å². The number of amides is 1. The highest BCUT2D eigenvalue weighted by molar-refractivity contribution is 7.13. The third-order valence-electron chi connectivity index (χ3n) is 3.30. The number of hydrogen-bond donors (Lipinski definition) is 2. The summed E-state index contributed by atoms with van der Waals surface area (Å²) in [7, 11) is 0. The number of nitrogens with zero attached hydrogens (tertiary/aromatic N) is 1. The second-order valence-corrected chi connectivity index (χ2v) is 5.92. The summed E-state index contributed by atoms with van der Waals surface area (Å²) < 4.78 is 5.53. The lowest BCUT2D eigenvalue weighted by Crippen LogP contribution is -2.48. The monoisotopic (exact) mass is 363 g/mol. The third kappa shape index (κ3) is 4.71. The Bertz CT molecular complexity index is 611. The van der Waals surface area contributed by atoms with E-state index in [0.717, 1.165) is 41.9 Å². The maximum absolute atomic E-state index is 11.8. The van der Waals surface area contributed by atoms with E-state index in [4.69, 9.17) is 4.42 Å². The van der Waals surface area contributed by atoms with Crippen molar-refractivity contribution < 1.29 is 9.21 Å². The number of carbonyl (C=O) groups is 1. The van der Waals surface area contributed by atoms with Crippen LogP contribution in [0.3, 0.4) is 0 Å². The summed E-state index contributed by atoms with van der Waals surface area (Å²) in [6.07, 6.45) is 0.330. The van der Waals surface area contributed by atoms with Gasteiger partial charge in [0.2, 0.25) is 5.91 Å². The standard InChI is InChI=1S/C14H17N3O2S.2ClH/c1-9-2-3-12(19-9)14-17-11(8-20-14)4-13(18)16-7-10-5-15-6-10;;/h2-3,8,10,15H,4-7H2,1H3,(H,16,18);2*1H. The molecule has 1 amide bonds. The smallest absolute Gasteiger partial charge is 0.226 e. The fraction of sp³-hybridized carbons (Fsp3) is 0.429. The molecule has 2 aromatic heterocycles. The number of carbonyl (C=O) groups excluding carboxylic acids is 1. The van der Waals surface area contributed by atoms with E-state index in [1.807, 2.05) is 24.4 Å². The molecule has 0 bridgehead atoms. The molecule has 3 heterocycles. The van der Waals surface area contributed by atoms with Crippen molar-refractivity contribution in [2.24, 2.45) is 5.92 Å². The number of furan rings is 1. The van der Waals surface area contributed by atoms with Gasteiger partial charge in [0.1, 0.15) is 5.76 Å². The van der Waals surface area contributed by atoms with Gasteiger partial charge in [-0.05, 0) is 19.1 Å². The fourth-order valence-electron chi connectivity index (χ4n) is 2.03. The molecule has 2 aromatic rings. The number of halogens is 2. The first-order chi connectivity index (χ1) is 9.70. The fourth-order valence-corrected chi connectivity index (χ4v) is 2.81. The lowest BCUT2D eigenvalue weighted by molar-refractivity contribution is -0.120. The highest BCUT2D eigenvalue weighted by Crippen LogP contribution is 2.25. The molecule has 5 nitrogen and oxygen atoms in total. The van der Waals surface area contributed by atoms with E-state index in [9.17, 15) is 4.79 Å². The van der Waals surface area contributed by atoms with Crippen LogP contribution in [0.2, 0.25) is 0 Å². The Morgan fingerprint density at radius 1 is 1.45 bits per heavy atom. The van der Waals surface area contributed by atoms with Crippen molar-refractivity contribution in [2.75, 3.05) is 19.6 Å². The van der Waals surface area contributed by atoms with Crippen LogP contribution in [-0.2, 0) is 11.2 Å². The molecule has 1 aliphatic heterocycles. The quantitative estimate of drug-likeness (QED) is 0.855. The van der Waals surface area contributed by atoms with Crippen LogP contribution in [0.1, 0.15) is 11.5 Å². The maximum atomic E-state index is 11.8. The molecule has 0 radical (unpaired) electrons. The van der Waals surface area contributed by atoms with Crippen molar-refractivity contribution in [3.05, 3.63) is 29.0 Å². The summed E-state index contributed by atoms with van der Waals surface area (Å²) >= 11 is 1.50. The first-order valence-electron chi connectivity index (χ1n) is 6.69. The number of aryl methyl sites for hydroxylation is 1. The van der Waals surface area contributed by atoms with E-state index in [0.29, 0.717) is 12.3 Å². The molecule has 2 N–H and O–H groups in total. The van der Waals surface area contributed by atoms with Gasteiger partial charge in [-0.2, -0.15) is 0 Å². The first kappa shape index (κ1) is 19.0. The van der Waals surface area contributed by atoms with Crippen LogP contribution in [-0.4, -0.2) is 30.5 Å². The molecule has 0 aromatic carbocycles. The lowest BCUT2D eigenvalue weighted by Gasteiger charge is -2.26. The Labute approximate surface area is 145 Å². The lowest BCUT2D eigenvalue weighted by atomic mass is 10.0. The Kier molecular flexibility index (Phi) is 7.35. The topological polar surface area (TPSA) is 67.2 Å². The Morgan fingerprint density at radius 2 is 2.23 bits per heavy atom. The third-order valence-corrected chi connectivity index (χ3v) is 4.20. The summed E-state index contributed by atoms with van der Waals surface area (Å²) in [5.41, 5.74) is 0.795. The van der Waals surface area contributed by atoms with Crippen molar-refractivity contribution in [3.8, 4) is 10.8 Å². The van der Waals surface area contributed by atoms with Crippen LogP contribution in [0.25, 0.3) is 10.8 Å². The van der Waals surface area contributed by atoms with Crippen molar-refractivity contribution in [1.82, 2.24) is 15.6 Å². The minimum Gasteiger partial charge on any atom is -0.459 e. The Hall–Kier alpha value is -1.08. The van der Waals surface area contributed by atoms with Crippen LogP contribution in [0.4, 0.5) is 0 Å². The van der Waals surface area contributed by atoms with Gasteiger partial charge >= 0.3 is 0 Å². The van der Waals surface area contributed by atoms with Crippen molar-refractivity contribution >= 4 is 42.1 Å². The van der Waals surface area contributed by atoms with Gasteiger partial charge in [-0.15, -0.1) is 36.2 Å². The number of thiazole rings is 1. The first-order valence-corrected chi connectivity index (χ1v) is 7.57. The normalized spacial score (nSPS) is 13.7. The molecule has 0 atom stereocenters. The highest BCUT2D eigenvalue weighted by atomic mass is 35.5. The molecule has 1 aliphatic rings. The van der Waals surface area contributed by atoms with E-state index in [1.165, 1.54) is 11.3 Å². The van der Waals surface area contributed by atoms with Crippen molar-refractivity contribution in [2.45, 2.75) is 13.3 Å². The zero-order valence-corrected chi connectivity index (χ0v) is 14.6. The SMILES string of the molecule is Cc1ccc(-c2nc(CC(=O)NCC3CNC3)cs2)o1.Cl.Cl. The van der Waals surface area contributed by atoms with Gasteiger partial charge in [0.15, 0.2) is 10.8 Å². The molecule has 22 heavy (non-hydrogen) atoms. The summed E-state index contributed by atoms with van der Waals surface area (Å²) in [6.45, 7) is 4.65. The molecule has 1 fully saturated rings. The van der Waals surface area contributed by atoms with Crippen LogP contribution in [0.5, 0.6) is 0 Å². The summed E-state index contributed by atoms with van der Waals surface area (Å²) in [5, 5.41) is 8.87. The zero-order chi connectivity index (χ0) is 13.9. The van der Waals surface area contributed by atoms with E-state index < -0.39 is 0 Å². The van der Waals surface area contributed by atoms with Crippen molar-refractivity contribution in [1.29, 1.82) is 0 Å². The zero-order valence-electron chi connectivity index (χ0n) is 12.1. The van der Waals surface area contributed by atoms with E-state index >= 15 is 0 Å². The molecule has 8 heteroatoms. The molecule has 0 saturated carbocycles. The Balaban J connectivity index is 0.00000121. The number of aromatic nitrogens is 1. The molecule has 3 rings (SSSR count). The minimum absolute atomic E-state index is 0. The van der Waals surface area contributed by atoms with Gasteiger partial charge in [-0.3, -0.25) is 4.79 Å². The number of nitrogens with one attached hydrogen (secondary N) is 2. The predicted molar refractivity (Wildman–Crippen MR) is 92.1 cm³/mol. The maximum Gasteiger partial charge on any atom is 0.226 e. The van der Waals surface area contributed by atoms with Gasteiger partial charge in [-0.1, -0.05) is 0 Å². The van der Waals surface area contributed by atoms with Crippen LogP contribution in [0, 0.1) is 12.8 Å². The van der Waals surface area contributed by atoms with Gasteiger partial charge in [0, 0.05) is 30.9 Å². The summed E-state index contributed by atoms with van der Waals surface area (Å²) in [4.78, 5) is 16.3. The molecule has 0 aliphatic carbocycles. The van der Waals surface area contributed by atoms with Gasteiger partial charge in [-0.25, -0.2) is 4.98 Å². The molecule has 1 saturated heterocycles. The average molecular weight is 364 g/mol. The van der Waals surface area contributed by atoms with Gasteiger partial charge in [0.05, 0.1) is 12.1 Å². The number of hydrogen-bond acceptors (Lipinski definition) is 5. The average Bonchev–Trinajstić information content (AvgIpc) is 2.96. The van der Waals surface area contributed by atoms with Crippen LogP contribution in [0.15, 0.2) is 21.9 Å². The van der Waals surface area contributed by atoms with Gasteiger partial charge in [0.25, 0.3) is 0 Å². The second kappa shape index (κ2) is 8.53. The number of rotatable bonds is 5. The molecule has 0 spiro atoms. The van der Waals surface area contributed by atoms with E-state index in [1.54, 1.807) is 0 Å². The molecule has 122 valence electrons. The Morgan fingerprint density at radius 3 is 2.82 bits per heavy atom. The van der Waals surface area contributed by atoms with E-state index in [2.05, 4.69) is 15.6 Å². The molecular weight excluding hydrogens is 345 g/mol. The largest absolute Gasteiger partial charge is 0.459 e. The highest BCUT2D eigenvalue weighted by Gasteiger charge is 2.17. The second-order valence-electron chi connectivity index (χ2n) is 5.06. The van der Waals surface area contributed by atoms with Gasteiger partial charge < -0.3 is 15.1 Å². The van der Waals surface area contributed by atoms with Crippen molar-refractivity contribution in [3.63, 3.8) is 0 Å². The predicted octanol–water partition coefficient (Wildman–Crippen LogP) is 2.43. The van der Waals surface area contributed by atoms with Crippen LogP contribution >= 0.6 is 36.2 Å². The minimum atomic E-state index is 0. The molecular formula is C14H19Cl2N3O2S.